The molecule has 8 nitrogen and oxygen atoms in total. The number of hydrogen-bond acceptors (Lipinski definition) is 6. The maximum absolute atomic E-state index is 13.6. The quantitative estimate of drug-likeness (QED) is 0.126. The van der Waals surface area contributed by atoms with E-state index in [1.807, 2.05) is 6.07 Å². The first kappa shape index (κ1) is 41.1. The lowest BCUT2D eigenvalue weighted by atomic mass is 9.89. The topological polar surface area (TPSA) is 106 Å². The SMILES string of the molecule is C/C(=C/[C@](CO[C@H](C)c1cc(C(F)(F)F)cc(C(F)(F)F)c1)(NC(=O)OCc1ccccc1)c1ccccc1)NC(=O)OCc1ccccc1.CO. The van der Waals surface area contributed by atoms with E-state index in [4.69, 9.17) is 19.3 Å². The van der Waals surface area contributed by atoms with E-state index in [1.54, 1.807) is 84.9 Å². The highest BCUT2D eigenvalue weighted by Crippen LogP contribution is 2.38. The number of aliphatic hydroxyl groups excluding tert-OH is 1. The molecule has 0 aromatic heterocycles. The molecule has 52 heavy (non-hydrogen) atoms. The Labute approximate surface area is 297 Å². The van der Waals surface area contributed by atoms with Gasteiger partial charge in [0, 0.05) is 12.8 Å². The van der Waals surface area contributed by atoms with E-state index in [0.717, 1.165) is 12.7 Å². The van der Waals surface area contributed by atoms with Gasteiger partial charge >= 0.3 is 24.5 Å². The van der Waals surface area contributed by atoms with Crippen LogP contribution in [0, 0.1) is 0 Å². The van der Waals surface area contributed by atoms with E-state index in [9.17, 15) is 35.9 Å². The fourth-order valence-corrected chi connectivity index (χ4v) is 4.92. The first-order chi connectivity index (χ1) is 24.6. The Hall–Kier alpha value is -5.34. The van der Waals surface area contributed by atoms with Gasteiger partial charge in [0.2, 0.25) is 0 Å². The van der Waals surface area contributed by atoms with Crippen molar-refractivity contribution in [1.82, 2.24) is 10.6 Å². The van der Waals surface area contributed by atoms with Crippen LogP contribution in [-0.2, 0) is 45.3 Å². The molecule has 0 unspecified atom stereocenters. The Morgan fingerprint density at radius 3 is 1.60 bits per heavy atom. The fourth-order valence-electron chi connectivity index (χ4n) is 4.92. The molecule has 0 spiro atoms. The highest BCUT2D eigenvalue weighted by atomic mass is 19.4. The summed E-state index contributed by atoms with van der Waals surface area (Å²) in [6.45, 7) is 2.12. The average Bonchev–Trinajstić information content (AvgIpc) is 3.13. The van der Waals surface area contributed by atoms with Crippen LogP contribution >= 0.6 is 0 Å². The summed E-state index contributed by atoms with van der Waals surface area (Å²) in [5.74, 6) is 0. The maximum Gasteiger partial charge on any atom is 0.416 e. The molecule has 0 fully saturated rings. The summed E-state index contributed by atoms with van der Waals surface area (Å²) in [6.07, 6.45) is -11.8. The first-order valence-corrected chi connectivity index (χ1v) is 15.7. The number of alkyl carbamates (subject to hydrolysis) is 2. The second-order valence-electron chi connectivity index (χ2n) is 11.3. The minimum atomic E-state index is -5.06. The van der Waals surface area contributed by atoms with E-state index >= 15 is 0 Å². The van der Waals surface area contributed by atoms with Gasteiger partial charge in [-0.15, -0.1) is 0 Å². The number of hydrogen-bond donors (Lipinski definition) is 3. The van der Waals surface area contributed by atoms with Crippen LogP contribution in [0.25, 0.3) is 0 Å². The Kier molecular flexibility index (Phi) is 14.8. The number of halogens is 6. The summed E-state index contributed by atoms with van der Waals surface area (Å²) >= 11 is 0. The molecule has 4 aromatic carbocycles. The molecule has 0 saturated carbocycles. The highest BCUT2D eigenvalue weighted by Gasteiger charge is 2.38. The van der Waals surface area contributed by atoms with Crippen molar-refractivity contribution >= 4 is 12.2 Å². The van der Waals surface area contributed by atoms with Gasteiger partial charge in [-0.25, -0.2) is 9.59 Å². The molecule has 0 saturated heterocycles. The molecule has 2 amide bonds. The van der Waals surface area contributed by atoms with E-state index in [-0.39, 0.29) is 25.0 Å². The van der Waals surface area contributed by atoms with Gasteiger partial charge in [-0.2, -0.15) is 26.3 Å². The third kappa shape index (κ3) is 12.5. The van der Waals surface area contributed by atoms with Gasteiger partial charge < -0.3 is 24.6 Å². The molecule has 3 N–H and O–H groups in total. The fraction of sp³-hybridized carbons (Fsp3) is 0.263. The Bertz CT molecular complexity index is 1720. The normalized spacial score (nSPS) is 13.5. The average molecular weight is 733 g/mol. The summed E-state index contributed by atoms with van der Waals surface area (Å²) in [6, 6.07) is 27.1. The zero-order valence-corrected chi connectivity index (χ0v) is 28.4. The van der Waals surface area contributed by atoms with Gasteiger partial charge in [0.05, 0.1) is 23.8 Å². The Balaban J connectivity index is 0.00000358. The molecule has 0 heterocycles. The number of amides is 2. The van der Waals surface area contributed by atoms with Crippen molar-refractivity contribution in [3.8, 4) is 0 Å². The van der Waals surface area contributed by atoms with E-state index < -0.39 is 59.5 Å². The van der Waals surface area contributed by atoms with Crippen molar-refractivity contribution in [2.24, 2.45) is 0 Å². The van der Waals surface area contributed by atoms with Crippen LogP contribution in [0.2, 0.25) is 0 Å². The van der Waals surface area contributed by atoms with Gasteiger partial charge in [0.1, 0.15) is 18.8 Å². The van der Waals surface area contributed by atoms with Crippen LogP contribution in [-0.4, -0.2) is 31.0 Å². The number of rotatable bonds is 12. The monoisotopic (exact) mass is 732 g/mol. The summed E-state index contributed by atoms with van der Waals surface area (Å²) in [4.78, 5) is 26.0. The number of aliphatic hydroxyl groups is 1. The van der Waals surface area contributed by atoms with E-state index in [0.29, 0.717) is 23.3 Å². The lowest BCUT2D eigenvalue weighted by Gasteiger charge is -2.34. The van der Waals surface area contributed by atoms with Crippen molar-refractivity contribution in [2.75, 3.05) is 13.7 Å². The minimum Gasteiger partial charge on any atom is -0.445 e. The number of nitrogens with one attached hydrogen (secondary N) is 2. The second-order valence-corrected chi connectivity index (χ2v) is 11.3. The molecule has 0 radical (unpaired) electrons. The number of carbonyl (C=O) groups excluding carboxylic acids is 2. The molecule has 14 heteroatoms. The van der Waals surface area contributed by atoms with Gasteiger partial charge in [-0.05, 0) is 60.4 Å². The van der Waals surface area contributed by atoms with Crippen LogP contribution in [0.3, 0.4) is 0 Å². The molecule has 0 bridgehead atoms. The van der Waals surface area contributed by atoms with Crippen LogP contribution < -0.4 is 10.6 Å². The maximum atomic E-state index is 13.6. The van der Waals surface area contributed by atoms with Gasteiger partial charge in [0.15, 0.2) is 0 Å². The third-order valence-electron chi connectivity index (χ3n) is 7.44. The van der Waals surface area contributed by atoms with Crippen molar-refractivity contribution in [3.63, 3.8) is 0 Å². The smallest absolute Gasteiger partial charge is 0.416 e. The number of ether oxygens (including phenoxy) is 3. The number of carbonyl (C=O) groups is 2. The minimum absolute atomic E-state index is 0.0312. The second kappa shape index (κ2) is 18.8. The van der Waals surface area contributed by atoms with Crippen LogP contribution in [0.1, 0.15) is 53.3 Å². The summed E-state index contributed by atoms with van der Waals surface area (Å²) in [7, 11) is 1.00. The van der Waals surface area contributed by atoms with Crippen molar-refractivity contribution in [1.29, 1.82) is 0 Å². The molecular weight excluding hydrogens is 694 g/mol. The van der Waals surface area contributed by atoms with E-state index in [2.05, 4.69) is 10.6 Å². The molecule has 2 atom stereocenters. The van der Waals surface area contributed by atoms with Crippen LogP contribution in [0.5, 0.6) is 0 Å². The Morgan fingerprint density at radius 2 is 1.13 bits per heavy atom. The number of benzene rings is 4. The van der Waals surface area contributed by atoms with Crippen molar-refractivity contribution in [2.45, 2.75) is 51.1 Å². The Morgan fingerprint density at radius 1 is 0.692 bits per heavy atom. The zero-order valence-electron chi connectivity index (χ0n) is 28.4. The first-order valence-electron chi connectivity index (χ1n) is 15.7. The lowest BCUT2D eigenvalue weighted by Crippen LogP contribution is -2.49. The van der Waals surface area contributed by atoms with Crippen LogP contribution in [0.15, 0.2) is 121 Å². The predicted octanol–water partition coefficient (Wildman–Crippen LogP) is 9.06. The number of allylic oxidation sites excluding steroid dienone is 1. The molecule has 0 aliphatic rings. The molecule has 4 rings (SSSR count). The standard InChI is InChI=1S/C37H34F6N2O5.CH4O/c1-25(44-33(46)48-22-27-12-6-3-7-13-27)21-35(30-16-10-5-11-17-30,45-34(47)49-23-28-14-8-4-9-15-28)24-50-26(2)29-18-31(36(38,39)40)20-32(19-29)37(41,42)43;1-2/h3-21,26H,22-24H2,1-2H3,(H,44,46)(H,45,47);2H,1H3/b25-21-;/t26-,35-;/m1./s1. The van der Waals surface area contributed by atoms with Crippen LogP contribution in [0.4, 0.5) is 35.9 Å². The number of alkyl halides is 6. The largest absolute Gasteiger partial charge is 0.445 e. The highest BCUT2D eigenvalue weighted by molar-refractivity contribution is 5.71. The summed E-state index contributed by atoms with van der Waals surface area (Å²) in [5, 5.41) is 12.3. The summed E-state index contributed by atoms with van der Waals surface area (Å²) in [5.41, 5.74) is -3.09. The molecule has 0 aliphatic heterocycles. The predicted molar refractivity (Wildman–Crippen MR) is 180 cm³/mol. The lowest BCUT2D eigenvalue weighted by molar-refractivity contribution is -0.143. The molecule has 0 aliphatic carbocycles. The third-order valence-corrected chi connectivity index (χ3v) is 7.44. The zero-order chi connectivity index (χ0) is 38.4. The van der Waals surface area contributed by atoms with Gasteiger partial charge in [0.25, 0.3) is 0 Å². The summed E-state index contributed by atoms with van der Waals surface area (Å²) < 4.78 is 98.4. The molecular formula is C38H38F6N2O6. The van der Waals surface area contributed by atoms with Crippen molar-refractivity contribution in [3.05, 3.63) is 154 Å². The molecule has 4 aromatic rings. The van der Waals surface area contributed by atoms with E-state index in [1.165, 1.54) is 19.9 Å². The van der Waals surface area contributed by atoms with Gasteiger partial charge in [-0.3, -0.25) is 5.32 Å². The van der Waals surface area contributed by atoms with Gasteiger partial charge in [-0.1, -0.05) is 91.0 Å². The molecule has 278 valence electrons. The van der Waals surface area contributed by atoms with Crippen molar-refractivity contribution < 1.29 is 55.2 Å².